The van der Waals surface area contributed by atoms with Crippen LogP contribution in [0.1, 0.15) is 11.1 Å². The van der Waals surface area contributed by atoms with Gasteiger partial charge in [0, 0.05) is 35.8 Å². The Morgan fingerprint density at radius 3 is 2.54 bits per heavy atom. The summed E-state index contributed by atoms with van der Waals surface area (Å²) in [6.45, 7) is -0.492. The SMILES string of the molecule is COc1ccc(CC(=O)OCC(=O)N(C)Cc2c(F)cccc2Cl)c(OC)c1. The van der Waals surface area contributed by atoms with Gasteiger partial charge in [-0.05, 0) is 18.2 Å². The van der Waals surface area contributed by atoms with Crippen molar-refractivity contribution >= 4 is 23.5 Å². The molecule has 0 heterocycles. The summed E-state index contributed by atoms with van der Waals surface area (Å²) in [5.74, 6) is -0.495. The fourth-order valence-electron chi connectivity index (χ4n) is 2.47. The van der Waals surface area contributed by atoms with E-state index in [1.165, 1.54) is 38.3 Å². The lowest BCUT2D eigenvalue weighted by atomic mass is 10.1. The smallest absolute Gasteiger partial charge is 0.310 e. The number of methoxy groups -OCH3 is 2. The summed E-state index contributed by atoms with van der Waals surface area (Å²) in [5.41, 5.74) is 0.807. The van der Waals surface area contributed by atoms with Gasteiger partial charge in [0.1, 0.15) is 17.3 Å². The third-order valence-electron chi connectivity index (χ3n) is 4.07. The van der Waals surface area contributed by atoms with Crippen LogP contribution >= 0.6 is 11.6 Å². The van der Waals surface area contributed by atoms with Crippen molar-refractivity contribution in [3.05, 3.63) is 58.4 Å². The number of benzene rings is 2. The summed E-state index contributed by atoms with van der Waals surface area (Å²) < 4.78 is 29.2. The molecule has 0 aromatic heterocycles. The fraction of sp³-hybridized carbons (Fsp3) is 0.300. The summed E-state index contributed by atoms with van der Waals surface area (Å²) in [6, 6.07) is 9.33. The zero-order chi connectivity index (χ0) is 20.7. The summed E-state index contributed by atoms with van der Waals surface area (Å²) in [7, 11) is 4.49. The van der Waals surface area contributed by atoms with E-state index in [1.54, 1.807) is 24.3 Å². The van der Waals surface area contributed by atoms with Crippen molar-refractivity contribution in [2.45, 2.75) is 13.0 Å². The van der Waals surface area contributed by atoms with E-state index in [0.717, 1.165) is 0 Å². The van der Waals surface area contributed by atoms with Gasteiger partial charge >= 0.3 is 5.97 Å². The van der Waals surface area contributed by atoms with E-state index in [2.05, 4.69) is 0 Å². The fourth-order valence-corrected chi connectivity index (χ4v) is 2.69. The molecule has 0 saturated carbocycles. The standard InChI is InChI=1S/C20H21ClFNO5/c1-23(11-15-16(21)5-4-6-17(15)22)19(24)12-28-20(25)9-13-7-8-14(26-2)10-18(13)27-3/h4-8,10H,9,11-12H2,1-3H3. The predicted octanol–water partition coefficient (Wildman–Crippen LogP) is 3.24. The second-order valence-electron chi connectivity index (χ2n) is 5.97. The number of carbonyl (C=O) groups excluding carboxylic acids is 2. The van der Waals surface area contributed by atoms with Crippen molar-refractivity contribution in [2.24, 2.45) is 0 Å². The predicted molar refractivity (Wildman–Crippen MR) is 102 cm³/mol. The second kappa shape index (κ2) is 9.94. The van der Waals surface area contributed by atoms with Gasteiger partial charge in [0.25, 0.3) is 5.91 Å². The molecule has 0 aliphatic heterocycles. The van der Waals surface area contributed by atoms with Crippen LogP contribution in [0.3, 0.4) is 0 Å². The van der Waals surface area contributed by atoms with Gasteiger partial charge in [-0.2, -0.15) is 0 Å². The Kier molecular flexibility index (Phi) is 7.63. The van der Waals surface area contributed by atoms with Crippen LogP contribution in [0.5, 0.6) is 11.5 Å². The number of ether oxygens (including phenoxy) is 3. The number of nitrogens with zero attached hydrogens (tertiary/aromatic N) is 1. The van der Waals surface area contributed by atoms with E-state index in [1.807, 2.05) is 0 Å². The Morgan fingerprint density at radius 2 is 1.89 bits per heavy atom. The maximum atomic E-state index is 13.8. The van der Waals surface area contributed by atoms with Gasteiger partial charge in [0.05, 0.1) is 20.6 Å². The monoisotopic (exact) mass is 409 g/mol. The molecule has 0 aliphatic carbocycles. The molecule has 150 valence electrons. The number of hydrogen-bond acceptors (Lipinski definition) is 5. The highest BCUT2D eigenvalue weighted by Crippen LogP contribution is 2.25. The first kappa shape index (κ1) is 21.5. The third kappa shape index (κ3) is 5.60. The van der Waals surface area contributed by atoms with Crippen LogP contribution in [-0.2, 0) is 27.3 Å². The molecule has 0 unspecified atom stereocenters. The molecule has 2 aromatic carbocycles. The molecule has 1 amide bonds. The van der Waals surface area contributed by atoms with E-state index in [9.17, 15) is 14.0 Å². The number of likely N-dealkylation sites (N-methyl/N-ethyl adjacent to an activating group) is 1. The highest BCUT2D eigenvalue weighted by molar-refractivity contribution is 6.31. The van der Waals surface area contributed by atoms with Gasteiger partial charge in [0.15, 0.2) is 6.61 Å². The quantitative estimate of drug-likeness (QED) is 0.626. The number of rotatable bonds is 8. The second-order valence-corrected chi connectivity index (χ2v) is 6.37. The number of amides is 1. The molecule has 8 heteroatoms. The highest BCUT2D eigenvalue weighted by Gasteiger charge is 2.17. The molecule has 6 nitrogen and oxygen atoms in total. The number of halogens is 2. The van der Waals surface area contributed by atoms with Gasteiger partial charge in [0.2, 0.25) is 0 Å². The topological polar surface area (TPSA) is 65.1 Å². The maximum absolute atomic E-state index is 13.8. The molecule has 0 fully saturated rings. The average molecular weight is 410 g/mol. The van der Waals surface area contributed by atoms with Gasteiger partial charge in [-0.25, -0.2) is 4.39 Å². The minimum absolute atomic E-state index is 0.0335. The molecule has 0 spiro atoms. The lowest BCUT2D eigenvalue weighted by Gasteiger charge is -2.18. The Bertz CT molecular complexity index is 838. The number of carbonyl (C=O) groups is 2. The number of hydrogen-bond donors (Lipinski definition) is 0. The van der Waals surface area contributed by atoms with Crippen LogP contribution in [0.25, 0.3) is 0 Å². The summed E-state index contributed by atoms with van der Waals surface area (Å²) in [5, 5.41) is 0.225. The van der Waals surface area contributed by atoms with Crippen LogP contribution in [0.2, 0.25) is 5.02 Å². The van der Waals surface area contributed by atoms with Crippen molar-refractivity contribution in [2.75, 3.05) is 27.9 Å². The van der Waals surface area contributed by atoms with Crippen LogP contribution in [0.15, 0.2) is 36.4 Å². The Hall–Kier alpha value is -2.80. The van der Waals surface area contributed by atoms with E-state index >= 15 is 0 Å². The molecule has 0 aliphatic rings. The molecule has 28 heavy (non-hydrogen) atoms. The molecule has 2 rings (SSSR count). The van der Waals surface area contributed by atoms with Gasteiger partial charge in [-0.3, -0.25) is 9.59 Å². The van der Waals surface area contributed by atoms with Crippen molar-refractivity contribution in [3.8, 4) is 11.5 Å². The third-order valence-corrected chi connectivity index (χ3v) is 4.42. The summed E-state index contributed by atoms with van der Waals surface area (Å²) >= 11 is 5.96. The van der Waals surface area contributed by atoms with Crippen molar-refractivity contribution in [1.29, 1.82) is 0 Å². The normalized spacial score (nSPS) is 10.3. The van der Waals surface area contributed by atoms with Crippen molar-refractivity contribution in [3.63, 3.8) is 0 Å². The first-order chi connectivity index (χ1) is 13.3. The molecule has 0 N–H and O–H groups in total. The number of esters is 1. The first-order valence-corrected chi connectivity index (χ1v) is 8.77. The van der Waals surface area contributed by atoms with E-state index in [-0.39, 0.29) is 23.6 Å². The van der Waals surface area contributed by atoms with Crippen LogP contribution in [0.4, 0.5) is 4.39 Å². The minimum atomic E-state index is -0.589. The zero-order valence-electron chi connectivity index (χ0n) is 15.8. The molecule has 0 atom stereocenters. The highest BCUT2D eigenvalue weighted by atomic mass is 35.5. The largest absolute Gasteiger partial charge is 0.497 e. The van der Waals surface area contributed by atoms with Crippen LogP contribution in [0, 0.1) is 5.82 Å². The lowest BCUT2D eigenvalue weighted by molar-refractivity contribution is -0.151. The van der Waals surface area contributed by atoms with Crippen LogP contribution in [-0.4, -0.2) is 44.7 Å². The minimum Gasteiger partial charge on any atom is -0.497 e. The molecule has 0 saturated heterocycles. The zero-order valence-corrected chi connectivity index (χ0v) is 16.6. The molecule has 0 bridgehead atoms. The molecule has 0 radical (unpaired) electrons. The maximum Gasteiger partial charge on any atom is 0.310 e. The lowest BCUT2D eigenvalue weighted by Crippen LogP contribution is -2.31. The molecule has 2 aromatic rings. The van der Waals surface area contributed by atoms with E-state index in [0.29, 0.717) is 17.1 Å². The Labute approximate surface area is 167 Å². The van der Waals surface area contributed by atoms with Gasteiger partial charge in [-0.15, -0.1) is 0 Å². The average Bonchev–Trinajstić information content (AvgIpc) is 2.69. The van der Waals surface area contributed by atoms with Crippen molar-refractivity contribution < 1.29 is 28.2 Å². The van der Waals surface area contributed by atoms with Crippen molar-refractivity contribution in [1.82, 2.24) is 4.90 Å². The van der Waals surface area contributed by atoms with Crippen LogP contribution < -0.4 is 9.47 Å². The first-order valence-electron chi connectivity index (χ1n) is 8.39. The molecular formula is C20H21ClFNO5. The summed E-state index contributed by atoms with van der Waals surface area (Å²) in [4.78, 5) is 25.5. The van der Waals surface area contributed by atoms with E-state index in [4.69, 9.17) is 25.8 Å². The Balaban J connectivity index is 1.91. The van der Waals surface area contributed by atoms with E-state index < -0.39 is 24.3 Å². The summed E-state index contributed by atoms with van der Waals surface area (Å²) in [6.07, 6.45) is -0.0662. The Morgan fingerprint density at radius 1 is 1.14 bits per heavy atom. The van der Waals surface area contributed by atoms with Gasteiger partial charge < -0.3 is 19.1 Å². The molecular weight excluding hydrogens is 389 g/mol. The van der Waals surface area contributed by atoms with Gasteiger partial charge in [-0.1, -0.05) is 23.7 Å².